The lowest BCUT2D eigenvalue weighted by molar-refractivity contribution is 0.102. The van der Waals surface area contributed by atoms with Gasteiger partial charge < -0.3 is 5.32 Å². The Balaban J connectivity index is 1.58. The van der Waals surface area contributed by atoms with E-state index in [9.17, 15) is 4.79 Å². The molecule has 6 heteroatoms. The summed E-state index contributed by atoms with van der Waals surface area (Å²) in [4.78, 5) is 21.6. The molecule has 0 saturated carbocycles. The van der Waals surface area contributed by atoms with Crippen molar-refractivity contribution in [3.63, 3.8) is 0 Å². The number of hydrogen-bond donors (Lipinski definition) is 2. The largest absolute Gasteiger partial charge is 0.322 e. The van der Waals surface area contributed by atoms with Crippen LogP contribution in [-0.4, -0.2) is 15.9 Å². The minimum atomic E-state index is -0.119. The zero-order chi connectivity index (χ0) is 19.3. The third kappa shape index (κ3) is 5.31. The van der Waals surface area contributed by atoms with Crippen LogP contribution in [0, 0.1) is 0 Å². The van der Waals surface area contributed by atoms with Crippen LogP contribution < -0.4 is 10.0 Å². The zero-order valence-corrected chi connectivity index (χ0v) is 16.4. The fourth-order valence-electron chi connectivity index (χ4n) is 2.39. The monoisotopic (exact) mass is 378 g/mol. The van der Waals surface area contributed by atoms with Crippen LogP contribution in [0.3, 0.4) is 0 Å². The first-order valence-electron chi connectivity index (χ1n) is 8.64. The Morgan fingerprint density at radius 3 is 2.15 bits per heavy atom. The Morgan fingerprint density at radius 1 is 0.926 bits per heavy atom. The van der Waals surface area contributed by atoms with Gasteiger partial charge in [-0.25, -0.2) is 9.97 Å². The number of amides is 1. The van der Waals surface area contributed by atoms with Crippen LogP contribution >= 0.6 is 11.9 Å². The number of nitrogens with one attached hydrogen (secondary N) is 2. The highest BCUT2D eigenvalue weighted by Crippen LogP contribution is 2.23. The van der Waals surface area contributed by atoms with Crippen molar-refractivity contribution >= 4 is 29.5 Å². The number of rotatable bonds is 5. The summed E-state index contributed by atoms with van der Waals surface area (Å²) in [6.07, 6.45) is 3.37. The predicted octanol–water partition coefficient (Wildman–Crippen LogP) is 5.15. The van der Waals surface area contributed by atoms with Crippen molar-refractivity contribution in [2.45, 2.75) is 31.1 Å². The number of carbonyl (C=O) groups excluding carboxylic acids is 1. The van der Waals surface area contributed by atoms with E-state index >= 15 is 0 Å². The van der Waals surface area contributed by atoms with E-state index in [1.165, 1.54) is 17.5 Å². The molecule has 3 aromatic rings. The van der Waals surface area contributed by atoms with Crippen LogP contribution in [0.15, 0.2) is 71.9 Å². The molecule has 0 spiro atoms. The SMILES string of the molecule is CC(C)(C)c1ccc(C(=O)Nc2ccc(SNc3ncccn3)cc2)cc1. The number of hydrogen-bond acceptors (Lipinski definition) is 5. The summed E-state index contributed by atoms with van der Waals surface area (Å²) in [5, 5.41) is 2.92. The molecule has 1 aromatic heterocycles. The van der Waals surface area contributed by atoms with Crippen LogP contribution in [0.2, 0.25) is 0 Å². The van der Waals surface area contributed by atoms with Gasteiger partial charge in [0.15, 0.2) is 0 Å². The first-order chi connectivity index (χ1) is 12.9. The molecule has 138 valence electrons. The van der Waals surface area contributed by atoms with Crippen LogP contribution in [0.1, 0.15) is 36.7 Å². The van der Waals surface area contributed by atoms with Gasteiger partial charge in [0.05, 0.1) is 0 Å². The van der Waals surface area contributed by atoms with Gasteiger partial charge in [0.25, 0.3) is 5.91 Å². The quantitative estimate of drug-likeness (QED) is 0.601. The van der Waals surface area contributed by atoms with Crippen LogP contribution in [0.5, 0.6) is 0 Å². The summed E-state index contributed by atoms with van der Waals surface area (Å²) in [7, 11) is 0. The van der Waals surface area contributed by atoms with Gasteiger partial charge in [0.2, 0.25) is 5.95 Å². The minimum Gasteiger partial charge on any atom is -0.322 e. The highest BCUT2D eigenvalue weighted by Gasteiger charge is 2.14. The maximum atomic E-state index is 12.4. The number of aromatic nitrogens is 2. The molecule has 0 aliphatic carbocycles. The summed E-state index contributed by atoms with van der Waals surface area (Å²) < 4.78 is 3.07. The Labute approximate surface area is 163 Å². The van der Waals surface area contributed by atoms with Gasteiger partial charge in [0, 0.05) is 28.5 Å². The van der Waals surface area contributed by atoms with Gasteiger partial charge in [0.1, 0.15) is 0 Å². The van der Waals surface area contributed by atoms with Crippen LogP contribution in [0.25, 0.3) is 0 Å². The maximum Gasteiger partial charge on any atom is 0.255 e. The molecular formula is C21H22N4OS. The maximum absolute atomic E-state index is 12.4. The van der Waals surface area contributed by atoms with Gasteiger partial charge in [-0.3, -0.25) is 9.52 Å². The third-order valence-electron chi connectivity index (χ3n) is 3.95. The molecule has 0 bridgehead atoms. The van der Waals surface area contributed by atoms with Crippen molar-refractivity contribution in [3.05, 3.63) is 78.1 Å². The topological polar surface area (TPSA) is 66.9 Å². The van der Waals surface area contributed by atoms with E-state index in [1.54, 1.807) is 18.5 Å². The zero-order valence-electron chi connectivity index (χ0n) is 15.6. The number of carbonyl (C=O) groups is 1. The average molecular weight is 379 g/mol. The Hall–Kier alpha value is -2.86. The summed E-state index contributed by atoms with van der Waals surface area (Å²) in [6, 6.07) is 17.1. The second kappa shape index (κ2) is 8.22. The smallest absolute Gasteiger partial charge is 0.255 e. The molecule has 0 fully saturated rings. The van der Waals surface area contributed by atoms with Crippen molar-refractivity contribution in [1.29, 1.82) is 0 Å². The fourth-order valence-corrected chi connectivity index (χ4v) is 2.97. The van der Waals surface area contributed by atoms with Gasteiger partial charge in [-0.1, -0.05) is 32.9 Å². The molecule has 1 amide bonds. The summed E-state index contributed by atoms with van der Waals surface area (Å²) in [5.41, 5.74) is 2.67. The minimum absolute atomic E-state index is 0.0708. The predicted molar refractivity (Wildman–Crippen MR) is 111 cm³/mol. The molecule has 27 heavy (non-hydrogen) atoms. The lowest BCUT2D eigenvalue weighted by Crippen LogP contribution is -2.14. The normalized spacial score (nSPS) is 11.1. The van der Waals surface area contributed by atoms with E-state index < -0.39 is 0 Å². The highest BCUT2D eigenvalue weighted by molar-refractivity contribution is 8.00. The molecule has 0 aliphatic heterocycles. The molecule has 0 atom stereocenters. The van der Waals surface area contributed by atoms with Crippen molar-refractivity contribution in [2.75, 3.05) is 10.0 Å². The molecule has 0 unspecified atom stereocenters. The molecule has 5 nitrogen and oxygen atoms in total. The van der Waals surface area contributed by atoms with Gasteiger partial charge in [-0.05, 0) is 65.4 Å². The van der Waals surface area contributed by atoms with E-state index in [2.05, 4.69) is 40.8 Å². The van der Waals surface area contributed by atoms with E-state index in [4.69, 9.17) is 0 Å². The van der Waals surface area contributed by atoms with Crippen molar-refractivity contribution in [3.8, 4) is 0 Å². The lowest BCUT2D eigenvalue weighted by Gasteiger charge is -2.19. The second-order valence-electron chi connectivity index (χ2n) is 7.08. The van der Waals surface area contributed by atoms with E-state index in [0.29, 0.717) is 11.5 Å². The lowest BCUT2D eigenvalue weighted by atomic mass is 9.87. The van der Waals surface area contributed by atoms with E-state index in [1.807, 2.05) is 48.5 Å². The standard InChI is InChI=1S/C21H22N4OS/c1-21(2,3)16-7-5-15(6-8-16)19(26)24-17-9-11-18(12-10-17)27-25-20-22-13-4-14-23-20/h4-14H,1-3H3,(H,24,26)(H,22,23,25). The van der Waals surface area contributed by atoms with E-state index in [0.717, 1.165) is 10.6 Å². The Kier molecular flexibility index (Phi) is 5.76. The Bertz CT molecular complexity index is 888. The summed E-state index contributed by atoms with van der Waals surface area (Å²) >= 11 is 1.41. The molecule has 0 radical (unpaired) electrons. The first kappa shape index (κ1) is 18.9. The van der Waals surface area contributed by atoms with Crippen molar-refractivity contribution in [2.24, 2.45) is 0 Å². The summed E-state index contributed by atoms with van der Waals surface area (Å²) in [6.45, 7) is 6.46. The van der Waals surface area contributed by atoms with Crippen LogP contribution in [-0.2, 0) is 5.41 Å². The summed E-state index contributed by atoms with van der Waals surface area (Å²) in [5.74, 6) is 0.435. The number of benzene rings is 2. The van der Waals surface area contributed by atoms with Crippen molar-refractivity contribution < 1.29 is 4.79 Å². The third-order valence-corrected chi connectivity index (χ3v) is 4.74. The van der Waals surface area contributed by atoms with Gasteiger partial charge in [-0.15, -0.1) is 0 Å². The van der Waals surface area contributed by atoms with Crippen LogP contribution in [0.4, 0.5) is 11.6 Å². The Morgan fingerprint density at radius 2 is 1.56 bits per heavy atom. The first-order valence-corrected chi connectivity index (χ1v) is 9.45. The van der Waals surface area contributed by atoms with Gasteiger partial charge in [-0.2, -0.15) is 0 Å². The number of nitrogens with zero attached hydrogens (tertiary/aromatic N) is 2. The van der Waals surface area contributed by atoms with E-state index in [-0.39, 0.29) is 11.3 Å². The molecule has 3 rings (SSSR count). The molecule has 0 saturated heterocycles. The van der Waals surface area contributed by atoms with Gasteiger partial charge >= 0.3 is 0 Å². The second-order valence-corrected chi connectivity index (χ2v) is 7.96. The molecule has 2 N–H and O–H groups in total. The molecule has 0 aliphatic rings. The highest BCUT2D eigenvalue weighted by atomic mass is 32.2. The number of anilines is 2. The fraction of sp³-hybridized carbons (Fsp3) is 0.190. The molecule has 1 heterocycles. The average Bonchev–Trinajstić information content (AvgIpc) is 2.68. The molecular weight excluding hydrogens is 356 g/mol. The molecule has 2 aromatic carbocycles. The van der Waals surface area contributed by atoms with Crippen molar-refractivity contribution in [1.82, 2.24) is 9.97 Å².